The van der Waals surface area contributed by atoms with Gasteiger partial charge in [0.1, 0.15) is 0 Å². The molecule has 17 heavy (non-hydrogen) atoms. The van der Waals surface area contributed by atoms with Crippen molar-refractivity contribution in [3.05, 3.63) is 0 Å². The van der Waals surface area contributed by atoms with Crippen molar-refractivity contribution in [1.82, 2.24) is 16.0 Å². The molecule has 3 N–H and O–H groups in total. The zero-order valence-corrected chi connectivity index (χ0v) is 9.65. The molecule has 0 saturated heterocycles. The first-order valence-electron chi connectivity index (χ1n) is 5.04. The summed E-state index contributed by atoms with van der Waals surface area (Å²) < 4.78 is 35.1. The summed E-state index contributed by atoms with van der Waals surface area (Å²) in [4.78, 5) is 22.1. The molecule has 2 amide bonds. The Kier molecular flexibility index (Phi) is 6.55. The topological polar surface area (TPSA) is 70.2 Å². The van der Waals surface area contributed by atoms with Gasteiger partial charge in [-0.1, -0.05) is 0 Å². The largest absolute Gasteiger partial charge is 0.401 e. The quantitative estimate of drug-likeness (QED) is 0.614. The Morgan fingerprint density at radius 1 is 1.12 bits per heavy atom. The molecule has 0 spiro atoms. The number of nitrogens with one attached hydrogen (secondary N) is 3. The van der Waals surface area contributed by atoms with Crippen LogP contribution in [-0.2, 0) is 9.59 Å². The first-order chi connectivity index (χ1) is 7.70. The van der Waals surface area contributed by atoms with E-state index in [-0.39, 0.29) is 18.5 Å². The van der Waals surface area contributed by atoms with Gasteiger partial charge in [-0.3, -0.25) is 9.59 Å². The molecule has 0 fully saturated rings. The number of carbonyl (C=O) groups excluding carboxylic acids is 2. The molecule has 0 aromatic rings. The zero-order chi connectivity index (χ0) is 13.5. The SMILES string of the molecule is CC(C)NC(=O)CNC(=O)CNCC(F)(F)F. The Balaban J connectivity index is 3.63. The minimum Gasteiger partial charge on any atom is -0.352 e. The number of hydrogen-bond donors (Lipinski definition) is 3. The fraction of sp³-hybridized carbons (Fsp3) is 0.778. The monoisotopic (exact) mass is 255 g/mol. The third-order valence-corrected chi connectivity index (χ3v) is 1.51. The summed E-state index contributed by atoms with van der Waals surface area (Å²) in [7, 11) is 0. The molecule has 0 bridgehead atoms. The van der Waals surface area contributed by atoms with Gasteiger partial charge in [0.15, 0.2) is 0 Å². The first kappa shape index (κ1) is 15.7. The Bertz CT molecular complexity index is 267. The van der Waals surface area contributed by atoms with Crippen LogP contribution in [0.2, 0.25) is 0 Å². The Morgan fingerprint density at radius 3 is 2.18 bits per heavy atom. The lowest BCUT2D eigenvalue weighted by molar-refractivity contribution is -0.130. The molecule has 0 unspecified atom stereocenters. The highest BCUT2D eigenvalue weighted by atomic mass is 19.4. The molecule has 0 saturated carbocycles. The minimum atomic E-state index is -4.35. The summed E-state index contributed by atoms with van der Waals surface area (Å²) in [6.07, 6.45) is -4.35. The minimum absolute atomic E-state index is 0.0530. The lowest BCUT2D eigenvalue weighted by atomic mass is 10.4. The molecule has 0 aliphatic carbocycles. The van der Waals surface area contributed by atoms with Crippen molar-refractivity contribution in [3.63, 3.8) is 0 Å². The maximum atomic E-state index is 11.7. The van der Waals surface area contributed by atoms with Crippen molar-refractivity contribution in [2.45, 2.75) is 26.1 Å². The van der Waals surface area contributed by atoms with E-state index in [1.165, 1.54) is 0 Å². The zero-order valence-electron chi connectivity index (χ0n) is 9.65. The molecule has 0 aliphatic heterocycles. The van der Waals surface area contributed by atoms with Gasteiger partial charge in [0.25, 0.3) is 0 Å². The maximum absolute atomic E-state index is 11.7. The highest BCUT2D eigenvalue weighted by molar-refractivity contribution is 5.85. The molecular formula is C9H16F3N3O2. The van der Waals surface area contributed by atoms with Crippen LogP contribution in [0.4, 0.5) is 13.2 Å². The first-order valence-corrected chi connectivity index (χ1v) is 5.04. The van der Waals surface area contributed by atoms with Crippen molar-refractivity contribution < 1.29 is 22.8 Å². The molecule has 100 valence electrons. The van der Waals surface area contributed by atoms with E-state index in [0.29, 0.717) is 0 Å². The second-order valence-corrected chi connectivity index (χ2v) is 3.72. The lowest BCUT2D eigenvalue weighted by Crippen LogP contribution is -2.43. The van der Waals surface area contributed by atoms with Crippen LogP contribution >= 0.6 is 0 Å². The van der Waals surface area contributed by atoms with E-state index < -0.39 is 25.2 Å². The van der Waals surface area contributed by atoms with Crippen LogP contribution < -0.4 is 16.0 Å². The van der Waals surface area contributed by atoms with Gasteiger partial charge in [-0.2, -0.15) is 13.2 Å². The number of halogens is 3. The van der Waals surface area contributed by atoms with Crippen LogP contribution in [0.25, 0.3) is 0 Å². The summed E-state index contributed by atoms with van der Waals surface area (Å²) >= 11 is 0. The van der Waals surface area contributed by atoms with E-state index in [9.17, 15) is 22.8 Å². The van der Waals surface area contributed by atoms with Gasteiger partial charge < -0.3 is 16.0 Å². The molecular weight excluding hydrogens is 239 g/mol. The van der Waals surface area contributed by atoms with E-state index >= 15 is 0 Å². The van der Waals surface area contributed by atoms with Crippen molar-refractivity contribution in [1.29, 1.82) is 0 Å². The fourth-order valence-electron chi connectivity index (χ4n) is 0.932. The van der Waals surface area contributed by atoms with E-state index in [1.54, 1.807) is 13.8 Å². The maximum Gasteiger partial charge on any atom is 0.401 e. The van der Waals surface area contributed by atoms with Crippen molar-refractivity contribution in [2.24, 2.45) is 0 Å². The number of carbonyl (C=O) groups is 2. The predicted molar refractivity (Wildman–Crippen MR) is 55.2 cm³/mol. The molecule has 5 nitrogen and oxygen atoms in total. The molecule has 0 radical (unpaired) electrons. The van der Waals surface area contributed by atoms with Gasteiger partial charge in [-0.05, 0) is 13.8 Å². The van der Waals surface area contributed by atoms with Gasteiger partial charge >= 0.3 is 6.18 Å². The van der Waals surface area contributed by atoms with E-state index in [0.717, 1.165) is 0 Å². The highest BCUT2D eigenvalue weighted by Crippen LogP contribution is 2.11. The van der Waals surface area contributed by atoms with Crippen LogP contribution in [0.15, 0.2) is 0 Å². The molecule has 0 heterocycles. The Morgan fingerprint density at radius 2 is 1.71 bits per heavy atom. The molecule has 8 heteroatoms. The Hall–Kier alpha value is -1.31. The second kappa shape index (κ2) is 7.10. The van der Waals surface area contributed by atoms with Crippen molar-refractivity contribution in [3.8, 4) is 0 Å². The molecule has 0 atom stereocenters. The van der Waals surface area contributed by atoms with Crippen LogP contribution in [0.1, 0.15) is 13.8 Å². The predicted octanol–water partition coefficient (Wildman–Crippen LogP) is -0.221. The van der Waals surface area contributed by atoms with Gasteiger partial charge in [-0.15, -0.1) is 0 Å². The van der Waals surface area contributed by atoms with E-state index in [1.807, 2.05) is 5.32 Å². The van der Waals surface area contributed by atoms with Crippen LogP contribution in [0, 0.1) is 0 Å². The molecule has 0 aliphatic rings. The standard InChI is InChI=1S/C9H16F3N3O2/c1-6(2)15-8(17)4-14-7(16)3-13-5-9(10,11)12/h6,13H,3-5H2,1-2H3,(H,14,16)(H,15,17). The van der Waals surface area contributed by atoms with Crippen LogP contribution in [0.5, 0.6) is 0 Å². The highest BCUT2D eigenvalue weighted by Gasteiger charge is 2.26. The van der Waals surface area contributed by atoms with Gasteiger partial charge in [0.05, 0.1) is 19.6 Å². The third-order valence-electron chi connectivity index (χ3n) is 1.51. The molecule has 0 rings (SSSR count). The smallest absolute Gasteiger partial charge is 0.352 e. The van der Waals surface area contributed by atoms with Crippen molar-refractivity contribution in [2.75, 3.05) is 19.6 Å². The van der Waals surface area contributed by atoms with Crippen LogP contribution in [-0.4, -0.2) is 43.7 Å². The lowest BCUT2D eigenvalue weighted by Gasteiger charge is -2.10. The van der Waals surface area contributed by atoms with Crippen molar-refractivity contribution >= 4 is 11.8 Å². The van der Waals surface area contributed by atoms with Gasteiger partial charge in [-0.25, -0.2) is 0 Å². The normalized spacial score (nSPS) is 11.4. The average molecular weight is 255 g/mol. The Labute approximate surface area is 97.1 Å². The average Bonchev–Trinajstić information content (AvgIpc) is 2.11. The molecule has 0 aromatic carbocycles. The summed E-state index contributed by atoms with van der Waals surface area (Å²) in [5.41, 5.74) is 0. The fourth-order valence-corrected chi connectivity index (χ4v) is 0.932. The number of alkyl halides is 3. The number of amides is 2. The summed E-state index contributed by atoms with van der Waals surface area (Å²) in [5, 5.41) is 6.64. The van der Waals surface area contributed by atoms with Crippen LogP contribution in [0.3, 0.4) is 0 Å². The number of rotatable bonds is 6. The van der Waals surface area contributed by atoms with Gasteiger partial charge in [0.2, 0.25) is 11.8 Å². The van der Waals surface area contributed by atoms with E-state index in [2.05, 4.69) is 10.6 Å². The summed E-state index contributed by atoms with van der Waals surface area (Å²) in [5.74, 6) is -1.04. The third kappa shape index (κ3) is 11.0. The summed E-state index contributed by atoms with van der Waals surface area (Å²) in [6, 6.07) is -0.0530. The van der Waals surface area contributed by atoms with Gasteiger partial charge in [0, 0.05) is 6.04 Å². The van der Waals surface area contributed by atoms with E-state index in [4.69, 9.17) is 0 Å². The second-order valence-electron chi connectivity index (χ2n) is 3.72. The number of hydrogen-bond acceptors (Lipinski definition) is 3. The summed E-state index contributed by atoms with van der Waals surface area (Å²) in [6.45, 7) is 1.55. The molecule has 0 aromatic heterocycles.